The van der Waals surface area contributed by atoms with Crippen LogP contribution in [0.4, 0.5) is 11.4 Å². The Kier molecular flexibility index (Phi) is 5.99. The predicted molar refractivity (Wildman–Crippen MR) is 124 cm³/mol. The molecular formula is C23H21N5O2S. The number of thioether (sulfide) groups is 1. The number of carbonyl (C=O) groups excluding carboxylic acids is 2. The van der Waals surface area contributed by atoms with Gasteiger partial charge >= 0.3 is 0 Å². The van der Waals surface area contributed by atoms with Crippen molar-refractivity contribution >= 4 is 46.0 Å². The van der Waals surface area contributed by atoms with E-state index in [9.17, 15) is 9.59 Å². The molecule has 0 fully saturated rings. The molecule has 0 spiro atoms. The van der Waals surface area contributed by atoms with Gasteiger partial charge in [-0.1, -0.05) is 41.6 Å². The fourth-order valence-corrected chi connectivity index (χ4v) is 3.99. The van der Waals surface area contributed by atoms with Crippen LogP contribution in [0, 0.1) is 6.92 Å². The van der Waals surface area contributed by atoms with E-state index in [1.54, 1.807) is 24.3 Å². The molecule has 2 aromatic carbocycles. The number of H-pyrrole nitrogens is 1. The maximum Gasteiger partial charge on any atom is 0.234 e. The first-order valence-electron chi connectivity index (χ1n) is 9.69. The number of hydrogen-bond acceptors (Lipinski definition) is 5. The van der Waals surface area contributed by atoms with Gasteiger partial charge in [0.1, 0.15) is 16.9 Å². The Morgan fingerprint density at radius 2 is 1.77 bits per heavy atom. The van der Waals surface area contributed by atoms with E-state index in [1.165, 1.54) is 30.6 Å². The van der Waals surface area contributed by atoms with Crippen molar-refractivity contribution in [1.82, 2.24) is 15.0 Å². The molecule has 0 aliphatic heterocycles. The van der Waals surface area contributed by atoms with E-state index in [2.05, 4.69) is 50.7 Å². The third-order valence-electron chi connectivity index (χ3n) is 4.59. The van der Waals surface area contributed by atoms with Crippen molar-refractivity contribution in [2.75, 3.05) is 16.4 Å². The number of anilines is 2. The highest BCUT2D eigenvalue weighted by Gasteiger charge is 2.13. The number of nitrogens with zero attached hydrogens (tertiary/aromatic N) is 2. The summed E-state index contributed by atoms with van der Waals surface area (Å²) in [6.07, 6.45) is 3.45. The van der Waals surface area contributed by atoms with Gasteiger partial charge in [-0.05, 0) is 36.8 Å². The quantitative estimate of drug-likeness (QED) is 0.305. The van der Waals surface area contributed by atoms with Crippen molar-refractivity contribution in [2.45, 2.75) is 18.9 Å². The van der Waals surface area contributed by atoms with Crippen LogP contribution in [-0.2, 0) is 9.59 Å². The predicted octanol–water partition coefficient (Wildman–Crippen LogP) is 4.62. The van der Waals surface area contributed by atoms with Gasteiger partial charge in [0.05, 0.1) is 11.3 Å². The average Bonchev–Trinajstić information content (AvgIpc) is 3.18. The number of hydrogen-bond donors (Lipinski definition) is 3. The second kappa shape index (κ2) is 9.01. The minimum atomic E-state index is -0.144. The molecule has 7 nitrogen and oxygen atoms in total. The van der Waals surface area contributed by atoms with Gasteiger partial charge in [0.2, 0.25) is 11.8 Å². The van der Waals surface area contributed by atoms with Crippen molar-refractivity contribution < 1.29 is 9.59 Å². The Morgan fingerprint density at radius 1 is 1.03 bits per heavy atom. The lowest BCUT2D eigenvalue weighted by molar-refractivity contribution is -0.114. The number of amides is 2. The van der Waals surface area contributed by atoms with E-state index < -0.39 is 0 Å². The van der Waals surface area contributed by atoms with Gasteiger partial charge < -0.3 is 15.6 Å². The SMILES string of the molecule is CC(=O)Nc1ccc(NC(=O)CSc2ncnc3c(-c4cccc(C)c4)c[nH]c23)cc1. The second-order valence-electron chi connectivity index (χ2n) is 7.07. The smallest absolute Gasteiger partial charge is 0.234 e. The van der Waals surface area contributed by atoms with Crippen molar-refractivity contribution in [3.63, 3.8) is 0 Å². The molecule has 0 radical (unpaired) electrons. The zero-order chi connectivity index (χ0) is 21.8. The number of fused-ring (bicyclic) bond motifs is 1. The molecule has 4 aromatic rings. The highest BCUT2D eigenvalue weighted by atomic mass is 32.2. The number of aryl methyl sites for hydroxylation is 1. The van der Waals surface area contributed by atoms with Crippen LogP contribution in [-0.4, -0.2) is 32.5 Å². The van der Waals surface area contributed by atoms with Crippen LogP contribution in [0.2, 0.25) is 0 Å². The fourth-order valence-electron chi connectivity index (χ4n) is 3.23. The Hall–Kier alpha value is -3.65. The standard InChI is InChI=1S/C23H21N5O2S/c1-14-4-3-5-16(10-14)19-11-24-22-21(19)25-13-26-23(22)31-12-20(30)28-18-8-6-17(7-9-18)27-15(2)29/h3-11,13,24H,12H2,1-2H3,(H,27,29)(H,28,30). The van der Waals surface area contributed by atoms with Crippen LogP contribution >= 0.6 is 11.8 Å². The van der Waals surface area contributed by atoms with Crippen LogP contribution in [0.15, 0.2) is 66.1 Å². The summed E-state index contributed by atoms with van der Waals surface area (Å²) in [5.41, 5.74) is 6.26. The van der Waals surface area contributed by atoms with Gasteiger partial charge in [-0.25, -0.2) is 9.97 Å². The Balaban J connectivity index is 1.44. The van der Waals surface area contributed by atoms with E-state index in [4.69, 9.17) is 0 Å². The molecule has 31 heavy (non-hydrogen) atoms. The van der Waals surface area contributed by atoms with Gasteiger partial charge in [-0.2, -0.15) is 0 Å². The molecule has 0 saturated heterocycles. The summed E-state index contributed by atoms with van der Waals surface area (Å²) < 4.78 is 0. The van der Waals surface area contributed by atoms with Gasteiger partial charge in [0, 0.05) is 30.1 Å². The molecule has 156 valence electrons. The maximum atomic E-state index is 12.4. The molecule has 2 aromatic heterocycles. The summed E-state index contributed by atoms with van der Waals surface area (Å²) in [6, 6.07) is 15.2. The van der Waals surface area contributed by atoms with Crippen molar-refractivity contribution in [1.29, 1.82) is 0 Å². The highest BCUT2D eigenvalue weighted by Crippen LogP contribution is 2.31. The molecule has 0 unspecified atom stereocenters. The molecule has 0 saturated carbocycles. The first-order chi connectivity index (χ1) is 15.0. The maximum absolute atomic E-state index is 12.4. The van der Waals surface area contributed by atoms with Crippen LogP contribution in [0.5, 0.6) is 0 Å². The monoisotopic (exact) mass is 431 g/mol. The zero-order valence-corrected chi connectivity index (χ0v) is 17.9. The lowest BCUT2D eigenvalue weighted by Gasteiger charge is -2.07. The average molecular weight is 432 g/mol. The number of aromatic amines is 1. The first-order valence-corrected chi connectivity index (χ1v) is 10.7. The second-order valence-corrected chi connectivity index (χ2v) is 8.03. The fraction of sp³-hybridized carbons (Fsp3) is 0.130. The minimum absolute atomic E-state index is 0.140. The van der Waals surface area contributed by atoms with E-state index in [0.717, 1.165) is 27.2 Å². The zero-order valence-electron chi connectivity index (χ0n) is 17.1. The van der Waals surface area contributed by atoms with E-state index in [-0.39, 0.29) is 17.6 Å². The summed E-state index contributed by atoms with van der Waals surface area (Å²) in [6.45, 7) is 3.51. The van der Waals surface area contributed by atoms with Gasteiger partial charge in [-0.15, -0.1) is 0 Å². The normalized spacial score (nSPS) is 10.8. The Labute approximate surface area is 183 Å². The molecule has 2 heterocycles. The topological polar surface area (TPSA) is 99.8 Å². The van der Waals surface area contributed by atoms with Crippen LogP contribution in [0.25, 0.3) is 22.2 Å². The molecule has 8 heteroatoms. The molecule has 0 aliphatic rings. The lowest BCUT2D eigenvalue weighted by Crippen LogP contribution is -2.14. The lowest BCUT2D eigenvalue weighted by atomic mass is 10.1. The number of nitrogens with one attached hydrogen (secondary N) is 3. The first kappa shape index (κ1) is 20.6. The largest absolute Gasteiger partial charge is 0.357 e. The molecule has 2 amide bonds. The van der Waals surface area contributed by atoms with Crippen LogP contribution in [0.1, 0.15) is 12.5 Å². The van der Waals surface area contributed by atoms with Gasteiger partial charge in [0.25, 0.3) is 0 Å². The third-order valence-corrected chi connectivity index (χ3v) is 5.58. The summed E-state index contributed by atoms with van der Waals surface area (Å²) in [5, 5.41) is 6.27. The summed E-state index contributed by atoms with van der Waals surface area (Å²) in [5.74, 6) is -0.0769. The minimum Gasteiger partial charge on any atom is -0.357 e. The third kappa shape index (κ3) is 4.92. The summed E-state index contributed by atoms with van der Waals surface area (Å²) >= 11 is 1.35. The number of aromatic nitrogens is 3. The molecule has 0 atom stereocenters. The van der Waals surface area contributed by atoms with Crippen molar-refractivity contribution in [2.24, 2.45) is 0 Å². The van der Waals surface area contributed by atoms with E-state index in [0.29, 0.717) is 11.4 Å². The number of carbonyl (C=O) groups is 2. The van der Waals surface area contributed by atoms with E-state index in [1.807, 2.05) is 12.3 Å². The van der Waals surface area contributed by atoms with Gasteiger partial charge in [0.15, 0.2) is 0 Å². The number of rotatable bonds is 6. The highest BCUT2D eigenvalue weighted by molar-refractivity contribution is 8.00. The molecular weight excluding hydrogens is 410 g/mol. The molecule has 0 bridgehead atoms. The van der Waals surface area contributed by atoms with Crippen molar-refractivity contribution in [3.8, 4) is 11.1 Å². The Morgan fingerprint density at radius 3 is 2.48 bits per heavy atom. The van der Waals surface area contributed by atoms with E-state index >= 15 is 0 Å². The van der Waals surface area contributed by atoms with Crippen molar-refractivity contribution in [3.05, 3.63) is 66.6 Å². The van der Waals surface area contributed by atoms with Crippen LogP contribution < -0.4 is 10.6 Å². The van der Waals surface area contributed by atoms with Crippen LogP contribution in [0.3, 0.4) is 0 Å². The summed E-state index contributed by atoms with van der Waals surface area (Å²) in [4.78, 5) is 35.5. The number of benzene rings is 2. The molecule has 3 N–H and O–H groups in total. The summed E-state index contributed by atoms with van der Waals surface area (Å²) in [7, 11) is 0. The molecule has 0 aliphatic carbocycles. The van der Waals surface area contributed by atoms with Gasteiger partial charge in [-0.3, -0.25) is 9.59 Å². The molecule has 4 rings (SSSR count). The Bertz CT molecular complexity index is 1250.